The Bertz CT molecular complexity index is 1350. The molecule has 0 spiro atoms. The zero-order valence-electron chi connectivity index (χ0n) is 20.0. The molecule has 0 bridgehead atoms. The van der Waals surface area contributed by atoms with Crippen molar-refractivity contribution in [2.45, 2.75) is 32.7 Å². The van der Waals surface area contributed by atoms with Crippen molar-refractivity contribution in [2.24, 2.45) is 0 Å². The largest absolute Gasteiger partial charge is 0.507 e. The highest BCUT2D eigenvalue weighted by Crippen LogP contribution is 2.45. The van der Waals surface area contributed by atoms with Crippen LogP contribution in [0.25, 0.3) is 5.76 Å². The Labute approximate surface area is 204 Å². The second-order valence-corrected chi connectivity index (χ2v) is 9.03. The second-order valence-electron chi connectivity index (χ2n) is 9.03. The first-order valence-electron chi connectivity index (χ1n) is 11.7. The molecule has 178 valence electrons. The number of fused-ring (bicyclic) bond motifs is 1. The Morgan fingerprint density at radius 1 is 1.03 bits per heavy atom. The number of aliphatic hydroxyl groups is 1. The van der Waals surface area contributed by atoms with Crippen molar-refractivity contribution < 1.29 is 24.2 Å². The molecular weight excluding hydrogens is 442 g/mol. The average Bonchev–Trinajstić information content (AvgIpc) is 3.12. The summed E-state index contributed by atoms with van der Waals surface area (Å²) >= 11 is 0. The number of aryl methyl sites for hydroxylation is 3. The van der Waals surface area contributed by atoms with Crippen molar-refractivity contribution >= 4 is 23.1 Å². The van der Waals surface area contributed by atoms with Crippen LogP contribution in [0.5, 0.6) is 11.5 Å². The molecule has 0 radical (unpaired) electrons. The minimum Gasteiger partial charge on any atom is -0.507 e. The van der Waals surface area contributed by atoms with Gasteiger partial charge in [0.1, 0.15) is 17.3 Å². The molecule has 1 N–H and O–H groups in total. The van der Waals surface area contributed by atoms with Gasteiger partial charge in [0.2, 0.25) is 0 Å². The Balaban J connectivity index is 1.74. The standard InChI is InChI=1S/C29H27NO5/c1-17-13-18(2)15-21(14-17)30-26(22-8-4-5-9-24(22)34-3)25(28(32)29(30)33)27(31)20-10-11-23-19(16-20)7-6-12-35-23/h4-5,8-11,13-16,26,31H,6-7,12H2,1-3H3/b27-25+. The summed E-state index contributed by atoms with van der Waals surface area (Å²) < 4.78 is 11.3. The van der Waals surface area contributed by atoms with Gasteiger partial charge in [0.25, 0.3) is 11.7 Å². The highest BCUT2D eigenvalue weighted by atomic mass is 16.5. The lowest BCUT2D eigenvalue weighted by molar-refractivity contribution is -0.132. The number of Topliss-reactive ketones (excluding diaryl/α,β-unsaturated/α-hetero) is 1. The van der Waals surface area contributed by atoms with Crippen LogP contribution >= 0.6 is 0 Å². The van der Waals surface area contributed by atoms with Crippen molar-refractivity contribution in [3.63, 3.8) is 0 Å². The van der Waals surface area contributed by atoms with Crippen molar-refractivity contribution in [3.8, 4) is 11.5 Å². The SMILES string of the molecule is COc1ccccc1C1/C(=C(\O)c2ccc3c(c2)CCCO3)C(=O)C(=O)N1c1cc(C)cc(C)c1. The number of nitrogens with zero attached hydrogens (tertiary/aromatic N) is 1. The molecular formula is C29H27NO5. The maximum atomic E-state index is 13.5. The molecule has 35 heavy (non-hydrogen) atoms. The van der Waals surface area contributed by atoms with Crippen LogP contribution in [0.2, 0.25) is 0 Å². The number of aliphatic hydroxyl groups excluding tert-OH is 1. The molecule has 0 saturated carbocycles. The van der Waals surface area contributed by atoms with Gasteiger partial charge >= 0.3 is 0 Å². The Morgan fingerprint density at radius 2 is 1.77 bits per heavy atom. The van der Waals surface area contributed by atoms with Gasteiger partial charge in [-0.1, -0.05) is 24.3 Å². The molecule has 1 atom stereocenters. The lowest BCUT2D eigenvalue weighted by atomic mass is 9.93. The maximum absolute atomic E-state index is 13.5. The van der Waals surface area contributed by atoms with E-state index in [9.17, 15) is 14.7 Å². The third-order valence-corrected chi connectivity index (χ3v) is 6.54. The van der Waals surface area contributed by atoms with E-state index in [0.29, 0.717) is 29.2 Å². The van der Waals surface area contributed by atoms with E-state index in [0.717, 1.165) is 35.3 Å². The van der Waals surface area contributed by atoms with Gasteiger partial charge in [0.05, 0.1) is 25.3 Å². The van der Waals surface area contributed by atoms with Crippen molar-refractivity contribution in [2.75, 3.05) is 18.6 Å². The molecule has 1 saturated heterocycles. The molecule has 0 aromatic heterocycles. The van der Waals surface area contributed by atoms with Gasteiger partial charge in [0, 0.05) is 16.8 Å². The summed E-state index contributed by atoms with van der Waals surface area (Å²) in [5, 5.41) is 11.5. The van der Waals surface area contributed by atoms with Crippen molar-refractivity contribution in [3.05, 3.63) is 94.1 Å². The first-order chi connectivity index (χ1) is 16.9. The quantitative estimate of drug-likeness (QED) is 0.320. The summed E-state index contributed by atoms with van der Waals surface area (Å²) in [6.07, 6.45) is 1.71. The number of rotatable bonds is 4. The molecule has 2 aliphatic rings. The molecule has 3 aromatic carbocycles. The first-order valence-corrected chi connectivity index (χ1v) is 11.7. The maximum Gasteiger partial charge on any atom is 0.300 e. The third kappa shape index (κ3) is 3.95. The predicted molar refractivity (Wildman–Crippen MR) is 134 cm³/mol. The fourth-order valence-electron chi connectivity index (χ4n) is 5.04. The third-order valence-electron chi connectivity index (χ3n) is 6.54. The molecule has 6 heteroatoms. The number of ketones is 1. The van der Waals surface area contributed by atoms with E-state index < -0.39 is 17.7 Å². The molecule has 3 aromatic rings. The number of hydrogen-bond acceptors (Lipinski definition) is 5. The van der Waals surface area contributed by atoms with Gasteiger partial charge < -0.3 is 14.6 Å². The minimum absolute atomic E-state index is 0.0373. The molecule has 1 fully saturated rings. The van der Waals surface area contributed by atoms with E-state index in [4.69, 9.17) is 9.47 Å². The Morgan fingerprint density at radius 3 is 2.51 bits per heavy atom. The van der Waals surface area contributed by atoms with E-state index in [1.165, 1.54) is 4.90 Å². The van der Waals surface area contributed by atoms with E-state index in [-0.39, 0.29) is 11.3 Å². The van der Waals surface area contributed by atoms with E-state index in [1.807, 2.05) is 62.4 Å². The number of methoxy groups -OCH3 is 1. The van der Waals surface area contributed by atoms with Crippen LogP contribution in [0.15, 0.2) is 66.2 Å². The topological polar surface area (TPSA) is 76.1 Å². The number of benzene rings is 3. The van der Waals surface area contributed by atoms with E-state index in [2.05, 4.69) is 0 Å². The van der Waals surface area contributed by atoms with Crippen LogP contribution in [0.3, 0.4) is 0 Å². The highest BCUT2D eigenvalue weighted by Gasteiger charge is 2.48. The van der Waals surface area contributed by atoms with Crippen LogP contribution in [-0.2, 0) is 16.0 Å². The summed E-state index contributed by atoms with van der Waals surface area (Å²) in [4.78, 5) is 28.4. The van der Waals surface area contributed by atoms with Gasteiger partial charge in [-0.25, -0.2) is 0 Å². The summed E-state index contributed by atoms with van der Waals surface area (Å²) in [5.41, 5.74) is 4.64. The van der Waals surface area contributed by atoms with Gasteiger partial charge in [-0.05, 0) is 79.8 Å². The number of hydrogen-bond donors (Lipinski definition) is 1. The zero-order valence-corrected chi connectivity index (χ0v) is 20.0. The second kappa shape index (κ2) is 8.95. The monoisotopic (exact) mass is 469 g/mol. The van der Waals surface area contributed by atoms with Gasteiger partial charge in [-0.3, -0.25) is 14.5 Å². The van der Waals surface area contributed by atoms with Crippen LogP contribution in [0, 0.1) is 13.8 Å². The average molecular weight is 470 g/mol. The van der Waals surface area contributed by atoms with E-state index in [1.54, 1.807) is 19.2 Å². The number of amides is 1. The molecule has 6 nitrogen and oxygen atoms in total. The van der Waals surface area contributed by atoms with Gasteiger partial charge in [0.15, 0.2) is 0 Å². The lowest BCUT2D eigenvalue weighted by Gasteiger charge is -2.27. The first kappa shape index (κ1) is 22.7. The molecule has 1 amide bonds. The lowest BCUT2D eigenvalue weighted by Crippen LogP contribution is -2.29. The molecule has 2 heterocycles. The van der Waals surface area contributed by atoms with E-state index >= 15 is 0 Å². The normalized spacial score (nSPS) is 18.8. The molecule has 0 aliphatic carbocycles. The molecule has 1 unspecified atom stereocenters. The fraction of sp³-hybridized carbons (Fsp3) is 0.241. The number of para-hydroxylation sites is 1. The van der Waals surface area contributed by atoms with Crippen LogP contribution < -0.4 is 14.4 Å². The number of anilines is 1. The number of carbonyl (C=O) groups excluding carboxylic acids is 2. The van der Waals surface area contributed by atoms with Crippen LogP contribution in [0.4, 0.5) is 5.69 Å². The van der Waals surface area contributed by atoms with Crippen LogP contribution in [0.1, 0.15) is 40.3 Å². The zero-order chi connectivity index (χ0) is 24.7. The number of carbonyl (C=O) groups is 2. The van der Waals surface area contributed by atoms with Crippen molar-refractivity contribution in [1.29, 1.82) is 0 Å². The van der Waals surface area contributed by atoms with Gasteiger partial charge in [-0.15, -0.1) is 0 Å². The van der Waals surface area contributed by atoms with Gasteiger partial charge in [-0.2, -0.15) is 0 Å². The fourth-order valence-corrected chi connectivity index (χ4v) is 5.04. The van der Waals surface area contributed by atoms with Crippen LogP contribution in [-0.4, -0.2) is 30.5 Å². The highest BCUT2D eigenvalue weighted by molar-refractivity contribution is 6.51. The summed E-state index contributed by atoms with van der Waals surface area (Å²) in [5.74, 6) is -0.317. The smallest absolute Gasteiger partial charge is 0.300 e. The summed E-state index contributed by atoms with van der Waals surface area (Å²) in [6.45, 7) is 4.55. The minimum atomic E-state index is -0.848. The summed E-state index contributed by atoms with van der Waals surface area (Å²) in [6, 6.07) is 17.5. The Hall–Kier alpha value is -4.06. The summed E-state index contributed by atoms with van der Waals surface area (Å²) in [7, 11) is 1.55. The Kier molecular flexibility index (Phi) is 5.81. The predicted octanol–water partition coefficient (Wildman–Crippen LogP) is 5.26. The molecule has 5 rings (SSSR count). The molecule has 2 aliphatic heterocycles. The number of ether oxygens (including phenoxy) is 2. The van der Waals surface area contributed by atoms with Crippen molar-refractivity contribution in [1.82, 2.24) is 0 Å².